The second-order valence-electron chi connectivity index (χ2n) is 6.18. The first kappa shape index (κ1) is 18.6. The summed E-state index contributed by atoms with van der Waals surface area (Å²) in [5, 5.41) is 3.59. The standard InChI is InChI=1S/C19H26N2O2S/c1-13-7-6-8-19(14(13)2)16(4)21-15(3)17-9-11-18(12-10-17)24(22,23)20-5/h6-12,15-16,20-21H,1-5H3. The van der Waals surface area contributed by atoms with E-state index < -0.39 is 10.0 Å². The predicted octanol–water partition coefficient (Wildman–Crippen LogP) is 3.62. The number of benzene rings is 2. The number of nitrogens with one attached hydrogen (secondary N) is 2. The highest BCUT2D eigenvalue weighted by Crippen LogP contribution is 2.24. The SMILES string of the molecule is CNS(=O)(=O)c1ccc(C(C)NC(C)c2cccc(C)c2C)cc1. The minimum atomic E-state index is -3.39. The van der Waals surface area contributed by atoms with Crippen molar-refractivity contribution in [2.24, 2.45) is 0 Å². The highest BCUT2D eigenvalue weighted by Gasteiger charge is 2.15. The Bertz CT molecular complexity index is 799. The normalized spacial score (nSPS) is 14.4. The van der Waals surface area contributed by atoms with Gasteiger partial charge in [0.2, 0.25) is 10.0 Å². The number of aryl methyl sites for hydroxylation is 1. The summed E-state index contributed by atoms with van der Waals surface area (Å²) in [5.41, 5.74) is 4.94. The van der Waals surface area contributed by atoms with Gasteiger partial charge in [-0.2, -0.15) is 0 Å². The van der Waals surface area contributed by atoms with Crippen LogP contribution in [0.4, 0.5) is 0 Å². The fraction of sp³-hybridized carbons (Fsp3) is 0.368. The third-order valence-corrected chi connectivity index (χ3v) is 6.00. The Balaban J connectivity index is 2.15. The van der Waals surface area contributed by atoms with Crippen molar-refractivity contribution in [3.8, 4) is 0 Å². The molecule has 0 saturated heterocycles. The Kier molecular flexibility index (Phi) is 5.80. The van der Waals surface area contributed by atoms with E-state index in [4.69, 9.17) is 0 Å². The molecule has 2 N–H and O–H groups in total. The van der Waals surface area contributed by atoms with Crippen LogP contribution in [-0.4, -0.2) is 15.5 Å². The maximum Gasteiger partial charge on any atom is 0.240 e. The first-order chi connectivity index (χ1) is 11.3. The first-order valence-electron chi connectivity index (χ1n) is 8.12. The number of sulfonamides is 1. The van der Waals surface area contributed by atoms with Crippen molar-refractivity contribution in [2.75, 3.05) is 7.05 Å². The van der Waals surface area contributed by atoms with E-state index >= 15 is 0 Å². The molecule has 2 aromatic carbocycles. The average molecular weight is 346 g/mol. The molecule has 4 nitrogen and oxygen atoms in total. The van der Waals surface area contributed by atoms with E-state index in [1.807, 2.05) is 12.1 Å². The van der Waals surface area contributed by atoms with Gasteiger partial charge in [0, 0.05) is 12.1 Å². The fourth-order valence-corrected chi connectivity index (χ4v) is 3.59. The van der Waals surface area contributed by atoms with Gasteiger partial charge in [-0.15, -0.1) is 0 Å². The smallest absolute Gasteiger partial charge is 0.240 e. The number of rotatable bonds is 6. The average Bonchev–Trinajstić information content (AvgIpc) is 2.57. The van der Waals surface area contributed by atoms with Gasteiger partial charge in [0.25, 0.3) is 0 Å². The van der Waals surface area contributed by atoms with Gasteiger partial charge in [-0.05, 0) is 69.1 Å². The van der Waals surface area contributed by atoms with Gasteiger partial charge in [0.15, 0.2) is 0 Å². The molecule has 5 heteroatoms. The third-order valence-electron chi connectivity index (χ3n) is 4.57. The summed E-state index contributed by atoms with van der Waals surface area (Å²) in [6.45, 7) is 8.50. The summed E-state index contributed by atoms with van der Waals surface area (Å²) >= 11 is 0. The molecule has 2 aromatic rings. The summed E-state index contributed by atoms with van der Waals surface area (Å²) in [6, 6.07) is 13.7. The Morgan fingerprint density at radius 3 is 2.12 bits per heavy atom. The molecule has 0 saturated carbocycles. The highest BCUT2D eigenvalue weighted by atomic mass is 32.2. The van der Waals surface area contributed by atoms with Crippen LogP contribution in [-0.2, 0) is 10.0 Å². The Morgan fingerprint density at radius 2 is 1.54 bits per heavy atom. The minimum absolute atomic E-state index is 0.117. The molecule has 24 heavy (non-hydrogen) atoms. The van der Waals surface area contributed by atoms with Crippen molar-refractivity contribution in [2.45, 2.75) is 44.7 Å². The van der Waals surface area contributed by atoms with Crippen LogP contribution >= 0.6 is 0 Å². The first-order valence-corrected chi connectivity index (χ1v) is 9.60. The largest absolute Gasteiger partial charge is 0.304 e. The highest BCUT2D eigenvalue weighted by molar-refractivity contribution is 7.89. The minimum Gasteiger partial charge on any atom is -0.304 e. The molecule has 0 heterocycles. The van der Waals surface area contributed by atoms with Crippen molar-refractivity contribution in [1.29, 1.82) is 0 Å². The van der Waals surface area contributed by atoms with Crippen molar-refractivity contribution in [3.05, 3.63) is 64.7 Å². The zero-order valence-electron chi connectivity index (χ0n) is 14.9. The van der Waals surface area contributed by atoms with Crippen molar-refractivity contribution < 1.29 is 8.42 Å². The van der Waals surface area contributed by atoms with Gasteiger partial charge >= 0.3 is 0 Å². The monoisotopic (exact) mass is 346 g/mol. The van der Waals surface area contributed by atoms with Crippen molar-refractivity contribution >= 4 is 10.0 Å². The van der Waals surface area contributed by atoms with E-state index in [0.29, 0.717) is 0 Å². The molecule has 0 aliphatic heterocycles. The molecule has 0 aromatic heterocycles. The molecule has 0 bridgehead atoms. The number of hydrogen-bond donors (Lipinski definition) is 2. The van der Waals surface area contributed by atoms with Gasteiger partial charge in [-0.1, -0.05) is 30.3 Å². The van der Waals surface area contributed by atoms with E-state index in [1.54, 1.807) is 12.1 Å². The predicted molar refractivity (Wildman–Crippen MR) is 98.6 cm³/mol. The molecular weight excluding hydrogens is 320 g/mol. The molecule has 130 valence electrons. The lowest BCUT2D eigenvalue weighted by molar-refractivity contribution is 0.492. The summed E-state index contributed by atoms with van der Waals surface area (Å²) in [7, 11) is -1.97. The molecule has 2 atom stereocenters. The summed E-state index contributed by atoms with van der Waals surface area (Å²) in [6.07, 6.45) is 0. The molecule has 0 aliphatic rings. The Hall–Kier alpha value is -1.69. The van der Waals surface area contributed by atoms with Crippen LogP contribution in [0.3, 0.4) is 0 Å². The maximum atomic E-state index is 11.8. The van der Waals surface area contributed by atoms with Gasteiger partial charge in [0.1, 0.15) is 0 Å². The van der Waals surface area contributed by atoms with Gasteiger partial charge < -0.3 is 5.32 Å². The molecule has 2 rings (SSSR count). The summed E-state index contributed by atoms with van der Waals surface area (Å²) < 4.78 is 25.9. The topological polar surface area (TPSA) is 58.2 Å². The van der Waals surface area contributed by atoms with Crippen LogP contribution in [0.2, 0.25) is 0 Å². The molecule has 0 spiro atoms. The van der Waals surface area contributed by atoms with E-state index in [9.17, 15) is 8.42 Å². The number of hydrogen-bond acceptors (Lipinski definition) is 3. The zero-order valence-corrected chi connectivity index (χ0v) is 15.7. The molecule has 0 fully saturated rings. The van der Waals surface area contributed by atoms with Gasteiger partial charge in [-0.25, -0.2) is 13.1 Å². The second-order valence-corrected chi connectivity index (χ2v) is 8.06. The molecule has 2 unspecified atom stereocenters. The van der Waals surface area contributed by atoms with Crippen molar-refractivity contribution in [3.63, 3.8) is 0 Å². The van der Waals surface area contributed by atoms with E-state index in [1.165, 1.54) is 23.7 Å². The van der Waals surface area contributed by atoms with Crippen LogP contribution < -0.4 is 10.0 Å². The fourth-order valence-electron chi connectivity index (χ4n) is 2.86. The van der Waals surface area contributed by atoms with Crippen LogP contribution in [0.5, 0.6) is 0 Å². The summed E-state index contributed by atoms with van der Waals surface area (Å²) in [5.74, 6) is 0. The Morgan fingerprint density at radius 1 is 0.917 bits per heavy atom. The van der Waals surface area contributed by atoms with Crippen molar-refractivity contribution in [1.82, 2.24) is 10.0 Å². The van der Waals surface area contributed by atoms with E-state index in [-0.39, 0.29) is 17.0 Å². The lowest BCUT2D eigenvalue weighted by atomic mass is 9.97. The molecule has 0 aliphatic carbocycles. The zero-order chi connectivity index (χ0) is 17.9. The van der Waals surface area contributed by atoms with E-state index in [0.717, 1.165) is 5.56 Å². The van der Waals surface area contributed by atoms with Crippen LogP contribution in [0.25, 0.3) is 0 Å². The van der Waals surface area contributed by atoms with Crippen LogP contribution in [0.1, 0.15) is 48.2 Å². The third kappa shape index (κ3) is 4.04. The van der Waals surface area contributed by atoms with E-state index in [2.05, 4.69) is 55.9 Å². The molecule has 0 amide bonds. The lowest BCUT2D eigenvalue weighted by Crippen LogP contribution is -2.23. The van der Waals surface area contributed by atoms with Crippen LogP contribution in [0, 0.1) is 13.8 Å². The summed E-state index contributed by atoms with van der Waals surface area (Å²) in [4.78, 5) is 0.281. The maximum absolute atomic E-state index is 11.8. The lowest BCUT2D eigenvalue weighted by Gasteiger charge is -2.23. The quantitative estimate of drug-likeness (QED) is 0.840. The van der Waals surface area contributed by atoms with Gasteiger partial charge in [0.05, 0.1) is 4.90 Å². The molecular formula is C19H26N2O2S. The second kappa shape index (κ2) is 7.47. The van der Waals surface area contributed by atoms with Gasteiger partial charge in [-0.3, -0.25) is 0 Å². The Labute approximate surface area is 145 Å². The van der Waals surface area contributed by atoms with Crippen LogP contribution in [0.15, 0.2) is 47.4 Å². The molecule has 0 radical (unpaired) electrons.